The van der Waals surface area contributed by atoms with Crippen LogP contribution in [0, 0.1) is 0 Å². The van der Waals surface area contributed by atoms with Crippen molar-refractivity contribution in [2.75, 3.05) is 18.9 Å². The zero-order valence-electron chi connectivity index (χ0n) is 17.8. The lowest BCUT2D eigenvalue weighted by Crippen LogP contribution is -2.15. The average Bonchev–Trinajstić information content (AvgIpc) is 3.16. The molecule has 0 aliphatic heterocycles. The van der Waals surface area contributed by atoms with E-state index in [4.69, 9.17) is 44.3 Å². The van der Waals surface area contributed by atoms with Crippen LogP contribution in [0.15, 0.2) is 35.5 Å². The number of halogens is 3. The maximum absolute atomic E-state index is 6.53. The first-order chi connectivity index (χ1) is 15.5. The Balaban J connectivity index is 1.55. The van der Waals surface area contributed by atoms with E-state index in [2.05, 4.69) is 20.8 Å². The maximum atomic E-state index is 6.53. The SMILES string of the molecule is CCOc1cc(CNCCCSc2nnnn2C)cc(Cl)c1OCc1c(Cl)cccc1Cl. The molecule has 0 aliphatic rings. The lowest BCUT2D eigenvalue weighted by atomic mass is 10.2. The second kappa shape index (κ2) is 12.5. The van der Waals surface area contributed by atoms with E-state index < -0.39 is 0 Å². The lowest BCUT2D eigenvalue weighted by Gasteiger charge is -2.16. The van der Waals surface area contributed by atoms with Crippen molar-refractivity contribution in [2.45, 2.75) is 31.7 Å². The lowest BCUT2D eigenvalue weighted by molar-refractivity contribution is 0.269. The molecule has 0 saturated heterocycles. The molecule has 0 atom stereocenters. The molecule has 1 heterocycles. The summed E-state index contributed by atoms with van der Waals surface area (Å²) in [4.78, 5) is 0. The molecule has 1 aromatic heterocycles. The van der Waals surface area contributed by atoms with Gasteiger partial charge in [0.25, 0.3) is 0 Å². The third-order valence-corrected chi connectivity index (χ3v) is 6.52. The fourth-order valence-electron chi connectivity index (χ4n) is 2.88. The molecule has 32 heavy (non-hydrogen) atoms. The van der Waals surface area contributed by atoms with E-state index in [1.165, 1.54) is 0 Å². The van der Waals surface area contributed by atoms with Crippen molar-refractivity contribution in [3.05, 3.63) is 56.5 Å². The van der Waals surface area contributed by atoms with Crippen molar-refractivity contribution in [1.82, 2.24) is 25.5 Å². The maximum Gasteiger partial charge on any atom is 0.209 e. The first-order valence-electron chi connectivity index (χ1n) is 10.1. The van der Waals surface area contributed by atoms with Gasteiger partial charge in [-0.1, -0.05) is 52.6 Å². The van der Waals surface area contributed by atoms with E-state index in [1.807, 2.05) is 26.1 Å². The Bertz CT molecular complexity index is 1010. The van der Waals surface area contributed by atoms with Crippen molar-refractivity contribution >= 4 is 46.6 Å². The molecule has 0 radical (unpaired) electrons. The number of rotatable bonds is 12. The first kappa shape index (κ1) is 24.9. The quantitative estimate of drug-likeness (QED) is 0.254. The van der Waals surface area contributed by atoms with Crippen LogP contribution in [0.25, 0.3) is 0 Å². The van der Waals surface area contributed by atoms with Gasteiger partial charge in [0.15, 0.2) is 11.5 Å². The molecule has 0 unspecified atom stereocenters. The molecule has 0 amide bonds. The normalized spacial score (nSPS) is 11.0. The standard InChI is InChI=1S/C21H24Cl3N5O2S/c1-3-30-19-11-14(12-25-8-5-9-32-21-26-27-28-29(21)2)10-18(24)20(19)31-13-15-16(22)6-4-7-17(15)23/h4,6-7,10-11,25H,3,5,8-9,12-13H2,1-2H3. The number of tetrazole rings is 1. The molecule has 7 nitrogen and oxygen atoms in total. The predicted octanol–water partition coefficient (Wildman–Crippen LogP) is 5.42. The van der Waals surface area contributed by atoms with Crippen LogP contribution in [0.5, 0.6) is 11.5 Å². The molecule has 0 saturated carbocycles. The highest BCUT2D eigenvalue weighted by Gasteiger charge is 2.15. The molecule has 3 rings (SSSR count). The van der Waals surface area contributed by atoms with Gasteiger partial charge in [-0.05, 0) is 60.1 Å². The van der Waals surface area contributed by atoms with Crippen molar-refractivity contribution in [3.63, 3.8) is 0 Å². The minimum Gasteiger partial charge on any atom is -0.490 e. The van der Waals surface area contributed by atoms with Crippen LogP contribution >= 0.6 is 46.6 Å². The van der Waals surface area contributed by atoms with E-state index in [-0.39, 0.29) is 6.61 Å². The summed E-state index contributed by atoms with van der Waals surface area (Å²) in [6, 6.07) is 9.15. The van der Waals surface area contributed by atoms with Crippen LogP contribution in [0.2, 0.25) is 15.1 Å². The van der Waals surface area contributed by atoms with Crippen LogP contribution < -0.4 is 14.8 Å². The predicted molar refractivity (Wildman–Crippen MR) is 129 cm³/mol. The Labute approximate surface area is 206 Å². The number of hydrogen-bond donors (Lipinski definition) is 1. The van der Waals surface area contributed by atoms with Crippen molar-refractivity contribution < 1.29 is 9.47 Å². The highest BCUT2D eigenvalue weighted by Crippen LogP contribution is 2.38. The van der Waals surface area contributed by atoms with E-state index in [0.717, 1.165) is 29.4 Å². The van der Waals surface area contributed by atoms with Gasteiger partial charge in [-0.25, -0.2) is 4.68 Å². The van der Waals surface area contributed by atoms with Crippen molar-refractivity contribution in [1.29, 1.82) is 0 Å². The van der Waals surface area contributed by atoms with Crippen LogP contribution in [0.1, 0.15) is 24.5 Å². The minimum absolute atomic E-state index is 0.189. The summed E-state index contributed by atoms with van der Waals surface area (Å²) in [6.45, 7) is 4.10. The summed E-state index contributed by atoms with van der Waals surface area (Å²) in [5.74, 6) is 1.98. The van der Waals surface area contributed by atoms with Crippen LogP contribution in [0.3, 0.4) is 0 Å². The van der Waals surface area contributed by atoms with Crippen LogP contribution in [0.4, 0.5) is 0 Å². The molecule has 0 spiro atoms. The van der Waals surface area contributed by atoms with E-state index in [1.54, 1.807) is 34.6 Å². The molecule has 1 N–H and O–H groups in total. The van der Waals surface area contributed by atoms with Gasteiger partial charge >= 0.3 is 0 Å². The number of thioether (sulfide) groups is 1. The average molecular weight is 517 g/mol. The molecular weight excluding hydrogens is 493 g/mol. The van der Waals surface area contributed by atoms with Gasteiger partial charge in [-0.3, -0.25) is 0 Å². The summed E-state index contributed by atoms with van der Waals surface area (Å²) in [6.07, 6.45) is 0.976. The molecule has 11 heteroatoms. The Hall–Kier alpha value is -1.71. The van der Waals surface area contributed by atoms with E-state index >= 15 is 0 Å². The summed E-state index contributed by atoms with van der Waals surface area (Å²) in [5.41, 5.74) is 1.71. The molecule has 3 aromatic rings. The van der Waals surface area contributed by atoms with Gasteiger partial charge in [-0.15, -0.1) is 5.10 Å². The molecule has 0 bridgehead atoms. The molecule has 172 valence electrons. The topological polar surface area (TPSA) is 74.1 Å². The summed E-state index contributed by atoms with van der Waals surface area (Å²) < 4.78 is 13.4. The minimum atomic E-state index is 0.189. The number of aryl methyl sites for hydroxylation is 1. The van der Waals surface area contributed by atoms with Gasteiger partial charge < -0.3 is 14.8 Å². The third-order valence-electron chi connectivity index (χ3n) is 4.43. The fourth-order valence-corrected chi connectivity index (χ4v) is 4.46. The zero-order valence-corrected chi connectivity index (χ0v) is 20.9. The second-order valence-electron chi connectivity index (χ2n) is 6.79. The van der Waals surface area contributed by atoms with Crippen LogP contribution in [-0.4, -0.2) is 39.1 Å². The monoisotopic (exact) mass is 515 g/mol. The Morgan fingerprint density at radius 3 is 2.56 bits per heavy atom. The molecular formula is C21H24Cl3N5O2S. The number of ether oxygens (including phenoxy) is 2. The van der Waals surface area contributed by atoms with Gasteiger partial charge in [0.2, 0.25) is 5.16 Å². The number of aromatic nitrogens is 4. The Morgan fingerprint density at radius 1 is 1.09 bits per heavy atom. The Kier molecular flexibility index (Phi) is 9.74. The van der Waals surface area contributed by atoms with Crippen molar-refractivity contribution in [2.24, 2.45) is 7.05 Å². The van der Waals surface area contributed by atoms with Gasteiger partial charge in [0.05, 0.1) is 11.6 Å². The summed E-state index contributed by atoms with van der Waals surface area (Å²) >= 11 is 20.6. The van der Waals surface area contributed by atoms with Crippen LogP contribution in [-0.2, 0) is 20.2 Å². The van der Waals surface area contributed by atoms with E-state index in [9.17, 15) is 0 Å². The van der Waals surface area contributed by atoms with Gasteiger partial charge in [0.1, 0.15) is 6.61 Å². The second-order valence-corrected chi connectivity index (χ2v) is 9.07. The molecule has 2 aromatic carbocycles. The highest BCUT2D eigenvalue weighted by molar-refractivity contribution is 7.99. The number of nitrogens with zero attached hydrogens (tertiary/aromatic N) is 4. The highest BCUT2D eigenvalue weighted by atomic mass is 35.5. The first-order valence-corrected chi connectivity index (χ1v) is 12.2. The van der Waals surface area contributed by atoms with E-state index in [0.29, 0.717) is 45.3 Å². The smallest absolute Gasteiger partial charge is 0.209 e. The molecule has 0 fully saturated rings. The summed E-state index contributed by atoms with van der Waals surface area (Å²) in [7, 11) is 1.83. The van der Waals surface area contributed by atoms with Gasteiger partial charge in [-0.2, -0.15) is 0 Å². The largest absolute Gasteiger partial charge is 0.490 e. The van der Waals surface area contributed by atoms with Gasteiger partial charge in [0, 0.05) is 35.0 Å². The van der Waals surface area contributed by atoms with Crippen molar-refractivity contribution in [3.8, 4) is 11.5 Å². The summed E-state index contributed by atoms with van der Waals surface area (Å²) in [5, 5.41) is 17.2. The Morgan fingerprint density at radius 2 is 1.88 bits per heavy atom. The third kappa shape index (κ3) is 6.89. The zero-order chi connectivity index (χ0) is 22.9. The fraction of sp³-hybridized carbons (Fsp3) is 0.381. The number of nitrogens with one attached hydrogen (secondary N) is 1. The number of hydrogen-bond acceptors (Lipinski definition) is 7. The molecule has 0 aliphatic carbocycles. The number of benzene rings is 2.